The molecule has 2 heterocycles. The number of primary amides is 1. The number of carbonyl (C=O) groups is 2. The van der Waals surface area contributed by atoms with Gasteiger partial charge in [-0.05, 0) is 19.8 Å². The van der Waals surface area contributed by atoms with Crippen molar-refractivity contribution >= 4 is 11.8 Å². The highest BCUT2D eigenvalue weighted by atomic mass is 16.2. The fourth-order valence-corrected chi connectivity index (χ4v) is 2.08. The molecule has 1 atom stereocenters. The van der Waals surface area contributed by atoms with E-state index in [1.807, 2.05) is 0 Å². The van der Waals surface area contributed by atoms with Gasteiger partial charge in [-0.1, -0.05) is 5.21 Å². The third-order valence-corrected chi connectivity index (χ3v) is 3.05. The van der Waals surface area contributed by atoms with E-state index >= 15 is 0 Å². The standard InChI is InChI=1S/C10H15N5O2/c1-6-7(13-14-12-6)5-9(16)15-4-2-3-8(15)10(11)17/h8H,2-5H2,1H3,(H2,11,17)(H,12,13,14). The summed E-state index contributed by atoms with van der Waals surface area (Å²) in [6.45, 7) is 2.37. The summed E-state index contributed by atoms with van der Waals surface area (Å²) in [5, 5.41) is 10.1. The number of rotatable bonds is 3. The fraction of sp³-hybridized carbons (Fsp3) is 0.600. The summed E-state index contributed by atoms with van der Waals surface area (Å²) in [6.07, 6.45) is 1.66. The fourth-order valence-electron chi connectivity index (χ4n) is 2.08. The number of amides is 2. The van der Waals surface area contributed by atoms with Crippen molar-refractivity contribution in [2.24, 2.45) is 5.73 Å². The lowest BCUT2D eigenvalue weighted by Crippen LogP contribution is -2.44. The Kier molecular flexibility index (Phi) is 3.08. The van der Waals surface area contributed by atoms with Gasteiger partial charge in [0.2, 0.25) is 11.8 Å². The quantitative estimate of drug-likeness (QED) is 0.713. The molecule has 7 nitrogen and oxygen atoms in total. The number of aromatic amines is 1. The summed E-state index contributed by atoms with van der Waals surface area (Å²) in [5.41, 5.74) is 6.65. The van der Waals surface area contributed by atoms with Crippen molar-refractivity contribution in [1.82, 2.24) is 20.3 Å². The maximum atomic E-state index is 12.0. The highest BCUT2D eigenvalue weighted by Gasteiger charge is 2.32. The predicted octanol–water partition coefficient (Wildman–Crippen LogP) is -0.868. The second-order valence-electron chi connectivity index (χ2n) is 4.20. The molecule has 2 rings (SSSR count). The summed E-state index contributed by atoms with van der Waals surface area (Å²) in [5.74, 6) is -0.546. The van der Waals surface area contributed by atoms with E-state index in [4.69, 9.17) is 5.73 Å². The molecule has 3 N–H and O–H groups in total. The second kappa shape index (κ2) is 4.52. The number of H-pyrrole nitrogens is 1. The van der Waals surface area contributed by atoms with Crippen LogP contribution in [-0.2, 0) is 16.0 Å². The predicted molar refractivity (Wildman–Crippen MR) is 58.8 cm³/mol. The normalized spacial score (nSPS) is 19.6. The number of nitrogens with two attached hydrogens (primary N) is 1. The maximum Gasteiger partial charge on any atom is 0.240 e. The summed E-state index contributed by atoms with van der Waals surface area (Å²) in [4.78, 5) is 24.7. The highest BCUT2D eigenvalue weighted by molar-refractivity contribution is 5.88. The van der Waals surface area contributed by atoms with Gasteiger partial charge in [-0.3, -0.25) is 14.7 Å². The van der Waals surface area contributed by atoms with Crippen molar-refractivity contribution in [2.45, 2.75) is 32.2 Å². The van der Waals surface area contributed by atoms with Crippen molar-refractivity contribution < 1.29 is 9.59 Å². The SMILES string of the molecule is Cc1nn[nH]c1CC(=O)N1CCCC1C(N)=O. The first-order valence-electron chi connectivity index (χ1n) is 5.55. The van der Waals surface area contributed by atoms with Crippen molar-refractivity contribution in [1.29, 1.82) is 0 Å². The zero-order valence-electron chi connectivity index (χ0n) is 9.64. The molecule has 1 aliphatic rings. The van der Waals surface area contributed by atoms with Gasteiger partial charge in [-0.2, -0.15) is 0 Å². The van der Waals surface area contributed by atoms with Gasteiger partial charge in [-0.25, -0.2) is 0 Å². The highest BCUT2D eigenvalue weighted by Crippen LogP contribution is 2.18. The zero-order chi connectivity index (χ0) is 12.4. The topological polar surface area (TPSA) is 105 Å². The van der Waals surface area contributed by atoms with Gasteiger partial charge in [0.1, 0.15) is 6.04 Å². The Hall–Kier alpha value is -1.92. The lowest BCUT2D eigenvalue weighted by Gasteiger charge is -2.21. The first kappa shape index (κ1) is 11.6. The summed E-state index contributed by atoms with van der Waals surface area (Å²) in [7, 11) is 0. The number of aromatic nitrogens is 3. The molecule has 0 saturated carbocycles. The number of hydrogen-bond donors (Lipinski definition) is 2. The summed E-state index contributed by atoms with van der Waals surface area (Å²) in [6, 6.07) is -0.460. The van der Waals surface area contributed by atoms with Gasteiger partial charge in [0.05, 0.1) is 17.8 Å². The average Bonchev–Trinajstić information content (AvgIpc) is 2.87. The maximum absolute atomic E-state index is 12.0. The molecule has 92 valence electrons. The number of aryl methyl sites for hydroxylation is 1. The molecule has 1 aromatic heterocycles. The largest absolute Gasteiger partial charge is 0.368 e. The number of hydrogen-bond acceptors (Lipinski definition) is 4. The molecule has 7 heteroatoms. The van der Waals surface area contributed by atoms with Crippen LogP contribution in [0.3, 0.4) is 0 Å². The molecule has 2 amide bonds. The van der Waals surface area contributed by atoms with Crippen molar-refractivity contribution in [2.75, 3.05) is 6.54 Å². The van der Waals surface area contributed by atoms with E-state index in [0.29, 0.717) is 24.4 Å². The molecule has 1 aromatic rings. The number of nitrogens with zero attached hydrogens (tertiary/aromatic N) is 3. The van der Waals surface area contributed by atoms with E-state index in [1.165, 1.54) is 0 Å². The second-order valence-corrected chi connectivity index (χ2v) is 4.20. The molecular weight excluding hydrogens is 222 g/mol. The van der Waals surface area contributed by atoms with E-state index in [-0.39, 0.29) is 12.3 Å². The molecule has 0 aliphatic carbocycles. The van der Waals surface area contributed by atoms with Gasteiger partial charge in [0.25, 0.3) is 0 Å². The first-order chi connectivity index (χ1) is 8.09. The summed E-state index contributed by atoms with van der Waals surface area (Å²) < 4.78 is 0. The van der Waals surface area contributed by atoms with E-state index in [0.717, 1.165) is 6.42 Å². The van der Waals surface area contributed by atoms with Crippen LogP contribution in [0.2, 0.25) is 0 Å². The molecule has 17 heavy (non-hydrogen) atoms. The molecule has 1 unspecified atom stereocenters. The van der Waals surface area contributed by atoms with Crippen LogP contribution in [-0.4, -0.2) is 44.7 Å². The van der Waals surface area contributed by atoms with Gasteiger partial charge in [0.15, 0.2) is 0 Å². The Morgan fingerprint density at radius 1 is 1.59 bits per heavy atom. The average molecular weight is 237 g/mol. The monoisotopic (exact) mass is 237 g/mol. The van der Waals surface area contributed by atoms with Crippen molar-refractivity contribution in [3.05, 3.63) is 11.4 Å². The minimum Gasteiger partial charge on any atom is -0.368 e. The lowest BCUT2D eigenvalue weighted by atomic mass is 10.2. The van der Waals surface area contributed by atoms with E-state index in [2.05, 4.69) is 15.4 Å². The van der Waals surface area contributed by atoms with Crippen LogP contribution >= 0.6 is 0 Å². The Labute approximate surface area is 98.4 Å². The number of likely N-dealkylation sites (tertiary alicyclic amines) is 1. The lowest BCUT2D eigenvalue weighted by molar-refractivity contribution is -0.136. The summed E-state index contributed by atoms with van der Waals surface area (Å²) >= 11 is 0. The molecule has 1 fully saturated rings. The van der Waals surface area contributed by atoms with Gasteiger partial charge >= 0.3 is 0 Å². The molecule has 0 radical (unpaired) electrons. The number of nitrogens with one attached hydrogen (secondary N) is 1. The molecule has 0 spiro atoms. The number of carbonyl (C=O) groups excluding carboxylic acids is 2. The van der Waals surface area contributed by atoms with Crippen LogP contribution in [0, 0.1) is 6.92 Å². The van der Waals surface area contributed by atoms with Crippen LogP contribution in [0.5, 0.6) is 0 Å². The minimum absolute atomic E-state index is 0.111. The Morgan fingerprint density at radius 3 is 2.94 bits per heavy atom. The molecule has 0 bridgehead atoms. The first-order valence-corrected chi connectivity index (χ1v) is 5.55. The minimum atomic E-state index is -0.460. The zero-order valence-corrected chi connectivity index (χ0v) is 9.64. The van der Waals surface area contributed by atoms with E-state index in [9.17, 15) is 9.59 Å². The molecule has 1 saturated heterocycles. The van der Waals surface area contributed by atoms with Crippen LogP contribution in [0.15, 0.2) is 0 Å². The Bertz CT molecular complexity index is 442. The van der Waals surface area contributed by atoms with Crippen molar-refractivity contribution in [3.63, 3.8) is 0 Å². The Balaban J connectivity index is 2.05. The van der Waals surface area contributed by atoms with Crippen LogP contribution in [0.1, 0.15) is 24.2 Å². The molecule has 1 aliphatic heterocycles. The third kappa shape index (κ3) is 2.27. The van der Waals surface area contributed by atoms with Gasteiger partial charge in [-0.15, -0.1) is 5.10 Å². The van der Waals surface area contributed by atoms with E-state index in [1.54, 1.807) is 11.8 Å². The van der Waals surface area contributed by atoms with Crippen LogP contribution in [0.4, 0.5) is 0 Å². The van der Waals surface area contributed by atoms with Gasteiger partial charge < -0.3 is 10.6 Å². The van der Waals surface area contributed by atoms with E-state index < -0.39 is 11.9 Å². The molecular formula is C10H15N5O2. The van der Waals surface area contributed by atoms with Crippen LogP contribution in [0.25, 0.3) is 0 Å². The Morgan fingerprint density at radius 2 is 2.35 bits per heavy atom. The smallest absolute Gasteiger partial charge is 0.240 e. The molecule has 0 aromatic carbocycles. The van der Waals surface area contributed by atoms with Crippen molar-refractivity contribution in [3.8, 4) is 0 Å². The third-order valence-electron chi connectivity index (χ3n) is 3.05. The van der Waals surface area contributed by atoms with Gasteiger partial charge in [0, 0.05) is 6.54 Å². The van der Waals surface area contributed by atoms with Crippen LogP contribution < -0.4 is 5.73 Å².